The topological polar surface area (TPSA) is 228 Å². The Morgan fingerprint density at radius 3 is 1.38 bits per heavy atom. The maximum Gasteiger partial charge on any atom is 0.220 e. The summed E-state index contributed by atoms with van der Waals surface area (Å²) in [7, 11) is 0. The SMILES string of the molecule is CCCCCCCCCC/C=C/CC/C=C/CC/C=C/C(O)C(COC1OC(CO)C(OC2OC(CO)C(O)C(O)C2O)C(O)C1O)NC(=O)CCCCCCCCCCCCCCCCCCCCC. The van der Waals surface area contributed by atoms with Gasteiger partial charge in [-0.2, -0.15) is 0 Å². The number of carbonyl (C=O) groups is 1. The monoisotopic (exact) mass is 1010 g/mol. The van der Waals surface area contributed by atoms with Crippen LogP contribution in [0.1, 0.15) is 226 Å². The molecule has 2 fully saturated rings. The van der Waals surface area contributed by atoms with E-state index in [1.165, 1.54) is 148 Å². The van der Waals surface area contributed by atoms with Crippen molar-refractivity contribution >= 4 is 5.91 Å². The minimum absolute atomic E-state index is 0.251. The van der Waals surface area contributed by atoms with Gasteiger partial charge < -0.3 is 65.1 Å². The normalized spacial score (nSPS) is 26.0. The lowest BCUT2D eigenvalue weighted by molar-refractivity contribution is -0.359. The standard InChI is InChI=1S/C57H105NO13/c1-3-5-7-9-11-13-15-17-19-21-23-25-27-29-31-33-35-37-39-41-49(62)58-45(46(61)40-38-36-34-32-30-28-26-24-22-20-18-16-14-12-10-8-6-4-2)44-68-56-54(67)52(65)55(48(43-60)70-56)71-57-53(66)51(64)50(63)47(42-59)69-57/h22,24,30,32,38,40,45-48,50-57,59-61,63-67H,3-21,23,25-29,31,33-37,39,41-44H2,1-2H3,(H,58,62)/b24-22+,32-30+,40-38+. The van der Waals surface area contributed by atoms with Crippen LogP contribution in [0.5, 0.6) is 0 Å². The maximum atomic E-state index is 13.2. The van der Waals surface area contributed by atoms with E-state index in [0.29, 0.717) is 12.8 Å². The summed E-state index contributed by atoms with van der Waals surface area (Å²) in [5.74, 6) is -0.251. The Balaban J connectivity index is 1.81. The average molecular weight is 1010 g/mol. The number of aliphatic hydroxyl groups is 8. The summed E-state index contributed by atoms with van der Waals surface area (Å²) >= 11 is 0. The van der Waals surface area contributed by atoms with Crippen LogP contribution in [0.3, 0.4) is 0 Å². The highest BCUT2D eigenvalue weighted by Crippen LogP contribution is 2.30. The summed E-state index contributed by atoms with van der Waals surface area (Å²) in [6.07, 6.45) is 34.7. The van der Waals surface area contributed by atoms with E-state index in [4.69, 9.17) is 18.9 Å². The predicted octanol–water partition coefficient (Wildman–Crippen LogP) is 9.05. The molecule has 12 unspecified atom stereocenters. The number of ether oxygens (including phenoxy) is 4. The summed E-state index contributed by atoms with van der Waals surface area (Å²) in [6, 6.07) is -0.934. The van der Waals surface area contributed by atoms with Gasteiger partial charge in [-0.25, -0.2) is 0 Å². The van der Waals surface area contributed by atoms with Gasteiger partial charge in [-0.1, -0.05) is 211 Å². The molecule has 71 heavy (non-hydrogen) atoms. The van der Waals surface area contributed by atoms with E-state index in [2.05, 4.69) is 43.5 Å². The summed E-state index contributed by atoms with van der Waals surface area (Å²) in [4.78, 5) is 13.2. The molecule has 0 aromatic carbocycles. The Hall–Kier alpha value is -1.79. The Morgan fingerprint density at radius 1 is 0.493 bits per heavy atom. The molecule has 0 aliphatic carbocycles. The van der Waals surface area contributed by atoms with Gasteiger partial charge in [-0.15, -0.1) is 0 Å². The van der Waals surface area contributed by atoms with Crippen molar-refractivity contribution in [3.05, 3.63) is 36.5 Å². The van der Waals surface area contributed by atoms with Crippen LogP contribution in [0.4, 0.5) is 0 Å². The minimum atomic E-state index is -1.79. The largest absolute Gasteiger partial charge is 0.394 e. The second-order valence-corrected chi connectivity index (χ2v) is 20.4. The lowest BCUT2D eigenvalue weighted by Crippen LogP contribution is -2.65. The Kier molecular flexibility index (Phi) is 40.0. The van der Waals surface area contributed by atoms with Crippen molar-refractivity contribution in [1.82, 2.24) is 5.32 Å². The first-order valence-electron chi connectivity index (χ1n) is 28.7. The molecule has 0 aromatic rings. The molecule has 12 atom stereocenters. The molecule has 1 amide bonds. The van der Waals surface area contributed by atoms with E-state index in [9.17, 15) is 45.6 Å². The smallest absolute Gasteiger partial charge is 0.220 e. The molecule has 0 saturated carbocycles. The molecular formula is C57H105NO13. The van der Waals surface area contributed by atoms with Crippen LogP contribution in [-0.2, 0) is 23.7 Å². The molecule has 9 N–H and O–H groups in total. The Bertz CT molecular complexity index is 1330. The summed E-state index contributed by atoms with van der Waals surface area (Å²) in [5.41, 5.74) is 0. The van der Waals surface area contributed by atoms with Gasteiger partial charge in [0, 0.05) is 6.42 Å². The van der Waals surface area contributed by atoms with Crippen LogP contribution in [0.25, 0.3) is 0 Å². The van der Waals surface area contributed by atoms with Crippen molar-refractivity contribution in [2.45, 2.75) is 299 Å². The number of unbranched alkanes of at least 4 members (excludes halogenated alkanes) is 28. The van der Waals surface area contributed by atoms with E-state index in [1.807, 2.05) is 6.08 Å². The van der Waals surface area contributed by atoms with Crippen LogP contribution in [0, 0.1) is 0 Å². The Labute approximate surface area is 430 Å². The van der Waals surface area contributed by atoms with E-state index in [0.717, 1.165) is 44.9 Å². The fourth-order valence-corrected chi connectivity index (χ4v) is 9.38. The zero-order chi connectivity index (χ0) is 51.7. The lowest BCUT2D eigenvalue weighted by Gasteiger charge is -2.46. The summed E-state index contributed by atoms with van der Waals surface area (Å²) in [6.45, 7) is 2.78. The summed E-state index contributed by atoms with van der Waals surface area (Å²) in [5, 5.41) is 87.0. The number of allylic oxidation sites excluding steroid dienone is 5. The second kappa shape index (κ2) is 43.4. The molecule has 0 spiro atoms. The highest BCUT2D eigenvalue weighted by molar-refractivity contribution is 5.76. The number of rotatable bonds is 45. The zero-order valence-corrected chi connectivity index (χ0v) is 44.5. The molecule has 416 valence electrons. The van der Waals surface area contributed by atoms with Crippen molar-refractivity contribution in [2.24, 2.45) is 0 Å². The van der Waals surface area contributed by atoms with E-state index < -0.39 is 86.8 Å². The van der Waals surface area contributed by atoms with Gasteiger partial charge in [-0.3, -0.25) is 4.79 Å². The third-order valence-corrected chi connectivity index (χ3v) is 14.1. The van der Waals surface area contributed by atoms with Crippen LogP contribution < -0.4 is 5.32 Å². The second-order valence-electron chi connectivity index (χ2n) is 20.4. The maximum absolute atomic E-state index is 13.2. The molecule has 2 rings (SSSR count). The first-order valence-corrected chi connectivity index (χ1v) is 28.7. The van der Waals surface area contributed by atoms with Crippen molar-refractivity contribution < 1.29 is 64.6 Å². The van der Waals surface area contributed by atoms with Crippen molar-refractivity contribution in [3.63, 3.8) is 0 Å². The summed E-state index contributed by atoms with van der Waals surface area (Å²) < 4.78 is 22.7. The van der Waals surface area contributed by atoms with Crippen molar-refractivity contribution in [3.8, 4) is 0 Å². The molecule has 2 aliphatic rings. The van der Waals surface area contributed by atoms with E-state index >= 15 is 0 Å². The fraction of sp³-hybridized carbons (Fsp3) is 0.877. The molecular weight excluding hydrogens is 907 g/mol. The molecule has 2 aliphatic heterocycles. The molecule has 14 nitrogen and oxygen atoms in total. The van der Waals surface area contributed by atoms with E-state index in [1.54, 1.807) is 6.08 Å². The number of hydrogen-bond donors (Lipinski definition) is 9. The van der Waals surface area contributed by atoms with Crippen LogP contribution in [0.2, 0.25) is 0 Å². The molecule has 0 bridgehead atoms. The third-order valence-electron chi connectivity index (χ3n) is 14.1. The van der Waals surface area contributed by atoms with E-state index in [-0.39, 0.29) is 18.9 Å². The first-order chi connectivity index (χ1) is 34.6. The van der Waals surface area contributed by atoms with Gasteiger partial charge in [-0.05, 0) is 44.9 Å². The van der Waals surface area contributed by atoms with Gasteiger partial charge >= 0.3 is 0 Å². The molecule has 0 aromatic heterocycles. The lowest BCUT2D eigenvalue weighted by atomic mass is 9.97. The fourth-order valence-electron chi connectivity index (χ4n) is 9.38. The van der Waals surface area contributed by atoms with Gasteiger partial charge in [0.1, 0.15) is 48.8 Å². The highest BCUT2D eigenvalue weighted by Gasteiger charge is 2.51. The van der Waals surface area contributed by atoms with Gasteiger partial charge in [0.15, 0.2) is 12.6 Å². The minimum Gasteiger partial charge on any atom is -0.394 e. The molecule has 14 heteroatoms. The van der Waals surface area contributed by atoms with Crippen molar-refractivity contribution in [2.75, 3.05) is 19.8 Å². The first kappa shape index (κ1) is 65.3. The quantitative estimate of drug-likeness (QED) is 0.0205. The number of aliphatic hydroxyl groups excluding tert-OH is 8. The van der Waals surface area contributed by atoms with Gasteiger partial charge in [0.25, 0.3) is 0 Å². The van der Waals surface area contributed by atoms with Crippen LogP contribution in [-0.4, -0.2) is 140 Å². The van der Waals surface area contributed by atoms with Gasteiger partial charge in [0.2, 0.25) is 5.91 Å². The molecule has 2 saturated heterocycles. The number of carbonyl (C=O) groups excluding carboxylic acids is 1. The predicted molar refractivity (Wildman–Crippen MR) is 281 cm³/mol. The number of nitrogens with one attached hydrogen (secondary N) is 1. The molecule has 0 radical (unpaired) electrons. The third kappa shape index (κ3) is 29.8. The highest BCUT2D eigenvalue weighted by atomic mass is 16.7. The zero-order valence-electron chi connectivity index (χ0n) is 44.5. The van der Waals surface area contributed by atoms with Crippen molar-refractivity contribution in [1.29, 1.82) is 0 Å². The number of hydrogen-bond acceptors (Lipinski definition) is 13. The van der Waals surface area contributed by atoms with Gasteiger partial charge in [0.05, 0.1) is 32.0 Å². The number of amides is 1. The van der Waals surface area contributed by atoms with Crippen LogP contribution >= 0.6 is 0 Å². The Morgan fingerprint density at radius 2 is 0.901 bits per heavy atom. The average Bonchev–Trinajstić information content (AvgIpc) is 3.37. The molecule has 2 heterocycles. The van der Waals surface area contributed by atoms with Crippen LogP contribution in [0.15, 0.2) is 36.5 Å².